The fourth-order valence-electron chi connectivity index (χ4n) is 12.9. The smallest absolute Gasteiger partial charge is 0.407 e. The van der Waals surface area contributed by atoms with E-state index in [0.717, 1.165) is 86.9 Å². The molecule has 4 aliphatic rings. The molecule has 0 aliphatic heterocycles. The number of nitrogens with two attached hydrogens (primary N) is 1. The summed E-state index contributed by atoms with van der Waals surface area (Å²) in [6.07, 6.45) is 35.1. The Bertz CT molecular complexity index is 1320. The Morgan fingerprint density at radius 3 is 2.11 bits per heavy atom. The van der Waals surface area contributed by atoms with Gasteiger partial charge in [0.2, 0.25) is 11.8 Å². The number of hydrogen-bond donors (Lipinski definition) is 3. The lowest BCUT2D eigenvalue weighted by molar-refractivity contribution is -0.136. The van der Waals surface area contributed by atoms with E-state index < -0.39 is 0 Å². The zero-order valence-electron chi connectivity index (χ0n) is 40.6. The van der Waals surface area contributed by atoms with Gasteiger partial charge >= 0.3 is 6.09 Å². The molecule has 0 aromatic carbocycles. The fourth-order valence-corrected chi connectivity index (χ4v) is 12.9. The van der Waals surface area contributed by atoms with Crippen LogP contribution in [0.15, 0.2) is 11.6 Å². The molecule has 61 heavy (non-hydrogen) atoms. The van der Waals surface area contributed by atoms with E-state index >= 15 is 0 Å². The lowest BCUT2D eigenvalue weighted by Crippen LogP contribution is -2.51. The van der Waals surface area contributed by atoms with E-state index in [4.69, 9.17) is 10.5 Å². The quantitative estimate of drug-likeness (QED) is 0.0492. The van der Waals surface area contributed by atoms with Crippen LogP contribution in [0.4, 0.5) is 4.79 Å². The summed E-state index contributed by atoms with van der Waals surface area (Å²) < 4.78 is 6.06. The van der Waals surface area contributed by atoms with Crippen molar-refractivity contribution in [1.82, 2.24) is 15.5 Å². The second-order valence-corrected chi connectivity index (χ2v) is 21.5. The molecule has 0 spiro atoms. The summed E-state index contributed by atoms with van der Waals surface area (Å²) >= 11 is 0. The van der Waals surface area contributed by atoms with E-state index in [2.05, 4.69) is 58.3 Å². The average molecular weight is 853 g/mol. The molecule has 4 rings (SSSR count). The van der Waals surface area contributed by atoms with Gasteiger partial charge in [-0.3, -0.25) is 9.59 Å². The molecule has 0 radical (unpaired) electrons. The van der Waals surface area contributed by atoms with E-state index in [9.17, 15) is 14.4 Å². The molecule has 0 aromatic heterocycles. The van der Waals surface area contributed by atoms with Crippen molar-refractivity contribution in [1.29, 1.82) is 0 Å². The van der Waals surface area contributed by atoms with Crippen molar-refractivity contribution in [3.8, 4) is 0 Å². The molecule has 3 fully saturated rings. The second-order valence-electron chi connectivity index (χ2n) is 21.5. The number of nitrogens with one attached hydrogen (secondary N) is 2. The van der Waals surface area contributed by atoms with Crippen molar-refractivity contribution in [2.24, 2.45) is 52.1 Å². The van der Waals surface area contributed by atoms with Gasteiger partial charge in [0.1, 0.15) is 6.10 Å². The summed E-state index contributed by atoms with van der Waals surface area (Å²) in [5.74, 6) is 4.80. The Labute approximate surface area is 375 Å². The van der Waals surface area contributed by atoms with Crippen molar-refractivity contribution < 1.29 is 19.1 Å². The van der Waals surface area contributed by atoms with Crippen LogP contribution in [0.3, 0.4) is 0 Å². The van der Waals surface area contributed by atoms with Gasteiger partial charge in [0.25, 0.3) is 0 Å². The lowest BCUT2D eigenvalue weighted by atomic mass is 9.47. The zero-order valence-corrected chi connectivity index (χ0v) is 40.6. The molecule has 3 amide bonds. The molecular weight excluding hydrogens is 757 g/mol. The molecule has 0 bridgehead atoms. The SMILES string of the molecule is CCCCCCCCCCCCCCCC(=O)N(CCCNC(=O)O[C@H]1CC[C@@]2(C)C(=CC[C@H]3[C@@H]4CC[C@H]([C@H](C)CCCC(C)C)[C@@]4(C)CC[C@@H]32)C1)CC(=O)NCCCCN. The van der Waals surface area contributed by atoms with Crippen molar-refractivity contribution in [3.05, 3.63) is 11.6 Å². The molecule has 8 atom stereocenters. The molecule has 0 aromatic rings. The first-order chi connectivity index (χ1) is 29.4. The molecule has 0 unspecified atom stereocenters. The predicted molar refractivity (Wildman–Crippen MR) is 254 cm³/mol. The highest BCUT2D eigenvalue weighted by Crippen LogP contribution is 2.67. The molecular formula is C53H96N4O4. The van der Waals surface area contributed by atoms with Crippen molar-refractivity contribution in [2.45, 2.75) is 227 Å². The third-order valence-electron chi connectivity index (χ3n) is 16.5. The number of carbonyl (C=O) groups is 3. The molecule has 4 N–H and O–H groups in total. The van der Waals surface area contributed by atoms with Crippen LogP contribution >= 0.6 is 0 Å². The highest BCUT2D eigenvalue weighted by Gasteiger charge is 2.59. The van der Waals surface area contributed by atoms with Crippen LogP contribution in [-0.4, -0.2) is 61.6 Å². The minimum absolute atomic E-state index is 0.0259. The second kappa shape index (κ2) is 27.3. The summed E-state index contributed by atoms with van der Waals surface area (Å²) in [6, 6.07) is 0. The molecule has 8 nitrogen and oxygen atoms in total. The number of alkyl carbamates (subject to hydrolysis) is 1. The summed E-state index contributed by atoms with van der Waals surface area (Å²) in [5.41, 5.74) is 7.87. The van der Waals surface area contributed by atoms with E-state index in [-0.39, 0.29) is 36.0 Å². The number of amides is 3. The standard InChI is InChI=1S/C53H96N4O4/c1-7-8-9-10-11-12-13-14-15-16-17-18-19-26-50(59)57(40-49(58)55-36-21-20-35-54)38-23-37-56-51(60)61-44-31-33-52(5)43(39-44)27-28-45-47-30-29-46(42(4)25-22-24-41(2)3)53(47,6)34-32-48(45)52/h27,41-42,44-48H,7-26,28-40,54H2,1-6H3,(H,55,58)(H,56,60)/t42-,44+,45+,46-,47+,48+,52+,53-/m1/s1. The average Bonchev–Trinajstić information content (AvgIpc) is 3.59. The number of nitrogens with zero attached hydrogens (tertiary/aromatic N) is 1. The van der Waals surface area contributed by atoms with Gasteiger partial charge in [0.15, 0.2) is 0 Å². The Hall–Kier alpha value is -2.09. The summed E-state index contributed by atoms with van der Waals surface area (Å²) in [7, 11) is 0. The van der Waals surface area contributed by atoms with Gasteiger partial charge < -0.3 is 26.0 Å². The lowest BCUT2D eigenvalue weighted by Gasteiger charge is -2.58. The van der Waals surface area contributed by atoms with Gasteiger partial charge in [0, 0.05) is 32.5 Å². The van der Waals surface area contributed by atoms with Crippen molar-refractivity contribution >= 4 is 17.9 Å². The number of ether oxygens (including phenoxy) is 1. The topological polar surface area (TPSA) is 114 Å². The normalized spacial score (nSPS) is 27.4. The Kier molecular flexibility index (Phi) is 23.1. The van der Waals surface area contributed by atoms with E-state index in [1.807, 2.05) is 0 Å². The predicted octanol–water partition coefficient (Wildman–Crippen LogP) is 12.7. The first-order valence-corrected chi connectivity index (χ1v) is 26.3. The number of hydrogen-bond acceptors (Lipinski definition) is 5. The van der Waals surface area contributed by atoms with Gasteiger partial charge in [-0.05, 0) is 124 Å². The highest BCUT2D eigenvalue weighted by atomic mass is 16.6. The maximum atomic E-state index is 13.4. The third kappa shape index (κ3) is 16.1. The van der Waals surface area contributed by atoms with Crippen LogP contribution < -0.4 is 16.4 Å². The van der Waals surface area contributed by atoms with Gasteiger partial charge in [0.05, 0.1) is 6.54 Å². The van der Waals surface area contributed by atoms with Gasteiger partial charge in [-0.25, -0.2) is 4.79 Å². The first-order valence-electron chi connectivity index (χ1n) is 26.3. The number of carbonyl (C=O) groups excluding carboxylic acids is 3. The summed E-state index contributed by atoms with van der Waals surface area (Å²) in [4.78, 5) is 40.9. The molecule has 4 aliphatic carbocycles. The summed E-state index contributed by atoms with van der Waals surface area (Å²) in [5, 5.41) is 5.93. The van der Waals surface area contributed by atoms with Gasteiger partial charge in [-0.15, -0.1) is 0 Å². The number of unbranched alkanes of at least 4 members (excludes halogenated alkanes) is 13. The van der Waals surface area contributed by atoms with Crippen LogP contribution in [0.5, 0.6) is 0 Å². The first kappa shape index (κ1) is 51.5. The van der Waals surface area contributed by atoms with Crippen LogP contribution in [0, 0.1) is 46.3 Å². The third-order valence-corrected chi connectivity index (χ3v) is 16.5. The van der Waals surface area contributed by atoms with E-state index in [1.54, 1.807) is 4.90 Å². The van der Waals surface area contributed by atoms with Crippen molar-refractivity contribution in [2.75, 3.05) is 32.7 Å². The minimum atomic E-state index is -0.363. The van der Waals surface area contributed by atoms with Gasteiger partial charge in [-0.2, -0.15) is 0 Å². The Morgan fingerprint density at radius 2 is 1.44 bits per heavy atom. The number of allylic oxidation sites excluding steroid dienone is 1. The largest absolute Gasteiger partial charge is 0.446 e. The van der Waals surface area contributed by atoms with E-state index in [1.165, 1.54) is 121 Å². The Morgan fingerprint density at radius 1 is 0.770 bits per heavy atom. The monoisotopic (exact) mass is 853 g/mol. The summed E-state index contributed by atoms with van der Waals surface area (Å²) in [6.45, 7) is 16.8. The highest BCUT2D eigenvalue weighted by molar-refractivity contribution is 5.84. The van der Waals surface area contributed by atoms with Crippen LogP contribution in [-0.2, 0) is 14.3 Å². The molecule has 0 heterocycles. The van der Waals surface area contributed by atoms with Crippen molar-refractivity contribution in [3.63, 3.8) is 0 Å². The Balaban J connectivity index is 1.17. The maximum absolute atomic E-state index is 13.4. The van der Waals surface area contributed by atoms with Crippen LogP contribution in [0.25, 0.3) is 0 Å². The van der Waals surface area contributed by atoms with Crippen LogP contribution in [0.2, 0.25) is 0 Å². The maximum Gasteiger partial charge on any atom is 0.407 e. The number of fused-ring (bicyclic) bond motifs is 5. The van der Waals surface area contributed by atoms with E-state index in [0.29, 0.717) is 44.4 Å². The zero-order chi connectivity index (χ0) is 44.1. The fraction of sp³-hybridized carbons (Fsp3) is 0.906. The van der Waals surface area contributed by atoms with Crippen LogP contribution in [0.1, 0.15) is 221 Å². The molecule has 3 saturated carbocycles. The minimum Gasteiger partial charge on any atom is -0.446 e. The van der Waals surface area contributed by atoms with Gasteiger partial charge in [-0.1, -0.05) is 150 Å². The molecule has 352 valence electrons. The molecule has 8 heteroatoms. The number of rotatable bonds is 30. The molecule has 0 saturated heterocycles.